The molecule has 1 aromatic heterocycles. The van der Waals surface area contributed by atoms with E-state index in [0.717, 1.165) is 0 Å². The first-order valence-corrected chi connectivity index (χ1v) is 8.09. The van der Waals surface area contributed by atoms with Gasteiger partial charge in [0, 0.05) is 10.9 Å². The second kappa shape index (κ2) is 7.54. The van der Waals surface area contributed by atoms with E-state index in [-0.39, 0.29) is 17.9 Å². The van der Waals surface area contributed by atoms with Gasteiger partial charge in [-0.05, 0) is 18.2 Å². The Balaban J connectivity index is 2.23. The number of fused-ring (bicyclic) bond motifs is 1. The Hall–Kier alpha value is -3.92. The Bertz CT molecular complexity index is 1070. The number of hydrogen-bond donors (Lipinski definition) is 2. The zero-order chi connectivity index (χ0) is 19.4. The summed E-state index contributed by atoms with van der Waals surface area (Å²) in [7, 11) is 1.45. The van der Waals surface area contributed by atoms with Crippen molar-refractivity contribution < 1.29 is 14.3 Å². The number of nitrogens with zero attached hydrogens (tertiary/aromatic N) is 2. The molecule has 0 bridgehead atoms. The lowest BCUT2D eigenvalue weighted by Crippen LogP contribution is -2.33. The topological polar surface area (TPSA) is 118 Å². The molecular formula is C20H16N4O3. The number of aromatic nitrogens is 1. The molecule has 7 heteroatoms. The van der Waals surface area contributed by atoms with E-state index in [0.29, 0.717) is 27.7 Å². The van der Waals surface area contributed by atoms with Crippen LogP contribution in [0.4, 0.5) is 0 Å². The molecule has 3 rings (SSSR count). The molecule has 0 saturated heterocycles. The highest BCUT2D eigenvalue weighted by Crippen LogP contribution is 2.36. The van der Waals surface area contributed by atoms with Gasteiger partial charge in [-0.25, -0.2) is 4.98 Å². The van der Waals surface area contributed by atoms with Crippen LogP contribution in [-0.2, 0) is 4.79 Å². The van der Waals surface area contributed by atoms with Gasteiger partial charge in [0.25, 0.3) is 5.91 Å². The standard InChI is InChI=1S/C20H16N4O3/c1-27-19-17(20(26)23-11-16(22)25)14-4-2-3-5-15(14)24-18(19)13-8-6-12(10-21)7-9-13/h2-9H,11H2,1H3,(H2,22,25)(H,23,26). The molecule has 0 spiro atoms. The fourth-order valence-electron chi connectivity index (χ4n) is 2.77. The molecular weight excluding hydrogens is 344 g/mol. The van der Waals surface area contributed by atoms with E-state index in [1.165, 1.54) is 7.11 Å². The Morgan fingerprint density at radius 1 is 1.19 bits per heavy atom. The number of benzene rings is 2. The molecule has 3 N–H and O–H groups in total. The molecule has 0 aliphatic carbocycles. The maximum absolute atomic E-state index is 12.8. The van der Waals surface area contributed by atoms with Gasteiger partial charge < -0.3 is 15.8 Å². The molecule has 0 unspecified atom stereocenters. The number of nitrogens with one attached hydrogen (secondary N) is 1. The maximum atomic E-state index is 12.8. The quantitative estimate of drug-likeness (QED) is 0.721. The average Bonchev–Trinajstić information content (AvgIpc) is 2.70. The van der Waals surface area contributed by atoms with Crippen LogP contribution in [-0.4, -0.2) is 30.5 Å². The lowest BCUT2D eigenvalue weighted by Gasteiger charge is -2.16. The number of rotatable bonds is 5. The van der Waals surface area contributed by atoms with Gasteiger partial charge in [0.1, 0.15) is 5.69 Å². The van der Waals surface area contributed by atoms with E-state index in [9.17, 15) is 9.59 Å². The largest absolute Gasteiger partial charge is 0.494 e. The van der Waals surface area contributed by atoms with E-state index in [4.69, 9.17) is 15.7 Å². The third kappa shape index (κ3) is 3.55. The number of ether oxygens (including phenoxy) is 1. The zero-order valence-corrected chi connectivity index (χ0v) is 14.5. The summed E-state index contributed by atoms with van der Waals surface area (Å²) in [5.74, 6) is -0.854. The third-order valence-electron chi connectivity index (χ3n) is 3.99. The van der Waals surface area contributed by atoms with Crippen LogP contribution in [0.1, 0.15) is 15.9 Å². The number of nitriles is 1. The summed E-state index contributed by atoms with van der Waals surface area (Å²) in [6.07, 6.45) is 0. The van der Waals surface area contributed by atoms with E-state index in [2.05, 4.69) is 16.4 Å². The summed E-state index contributed by atoms with van der Waals surface area (Å²) in [6, 6.07) is 16.0. The van der Waals surface area contributed by atoms with Crippen molar-refractivity contribution in [2.75, 3.05) is 13.7 Å². The molecule has 2 aromatic carbocycles. The number of hydrogen-bond acceptors (Lipinski definition) is 5. The number of primary amides is 1. The molecule has 0 atom stereocenters. The van der Waals surface area contributed by atoms with Gasteiger partial charge in [0.15, 0.2) is 5.75 Å². The highest BCUT2D eigenvalue weighted by molar-refractivity contribution is 6.11. The molecule has 1 heterocycles. The first-order chi connectivity index (χ1) is 13.0. The first kappa shape index (κ1) is 17.9. The van der Waals surface area contributed by atoms with E-state index < -0.39 is 11.8 Å². The summed E-state index contributed by atoms with van der Waals surface area (Å²) in [5.41, 5.74) is 7.66. The van der Waals surface area contributed by atoms with Crippen molar-refractivity contribution in [3.05, 3.63) is 59.7 Å². The number of nitrogens with two attached hydrogens (primary N) is 1. The first-order valence-electron chi connectivity index (χ1n) is 8.09. The van der Waals surface area contributed by atoms with Crippen LogP contribution in [0.25, 0.3) is 22.2 Å². The lowest BCUT2D eigenvalue weighted by molar-refractivity contribution is -0.117. The molecule has 27 heavy (non-hydrogen) atoms. The van der Waals surface area contributed by atoms with Crippen LogP contribution in [0.3, 0.4) is 0 Å². The molecule has 0 saturated carbocycles. The summed E-state index contributed by atoms with van der Waals surface area (Å²) >= 11 is 0. The van der Waals surface area contributed by atoms with Gasteiger partial charge in [0.05, 0.1) is 36.4 Å². The van der Waals surface area contributed by atoms with E-state index >= 15 is 0 Å². The second-order valence-electron chi connectivity index (χ2n) is 5.72. The van der Waals surface area contributed by atoms with Crippen molar-refractivity contribution in [1.82, 2.24) is 10.3 Å². The summed E-state index contributed by atoms with van der Waals surface area (Å²) in [6.45, 7) is -0.287. The predicted octanol–water partition coefficient (Wildman–Crippen LogP) is 2.00. The number of carbonyl (C=O) groups excluding carboxylic acids is 2. The zero-order valence-electron chi connectivity index (χ0n) is 14.5. The highest BCUT2D eigenvalue weighted by Gasteiger charge is 2.22. The smallest absolute Gasteiger partial charge is 0.256 e. The van der Waals surface area contributed by atoms with Crippen LogP contribution in [0.15, 0.2) is 48.5 Å². The fourth-order valence-corrected chi connectivity index (χ4v) is 2.77. The minimum atomic E-state index is -0.645. The fraction of sp³-hybridized carbons (Fsp3) is 0.100. The Morgan fingerprint density at radius 3 is 2.52 bits per heavy atom. The molecule has 134 valence electrons. The van der Waals surface area contributed by atoms with Gasteiger partial charge in [-0.15, -0.1) is 0 Å². The van der Waals surface area contributed by atoms with E-state index in [1.807, 2.05) is 6.07 Å². The van der Waals surface area contributed by atoms with Crippen molar-refractivity contribution in [2.45, 2.75) is 0 Å². The van der Waals surface area contributed by atoms with Crippen LogP contribution in [0.5, 0.6) is 5.75 Å². The highest BCUT2D eigenvalue weighted by atomic mass is 16.5. The maximum Gasteiger partial charge on any atom is 0.256 e. The molecule has 2 amide bonds. The van der Waals surface area contributed by atoms with Gasteiger partial charge in [-0.1, -0.05) is 30.3 Å². The number of para-hydroxylation sites is 1. The van der Waals surface area contributed by atoms with Gasteiger partial charge in [-0.3, -0.25) is 9.59 Å². The molecule has 0 fully saturated rings. The van der Waals surface area contributed by atoms with Crippen LogP contribution in [0.2, 0.25) is 0 Å². The molecule has 7 nitrogen and oxygen atoms in total. The van der Waals surface area contributed by atoms with Crippen molar-refractivity contribution >= 4 is 22.7 Å². The lowest BCUT2D eigenvalue weighted by atomic mass is 10.0. The van der Waals surface area contributed by atoms with Crippen molar-refractivity contribution in [2.24, 2.45) is 5.73 Å². The number of pyridine rings is 1. The Morgan fingerprint density at radius 2 is 1.89 bits per heavy atom. The summed E-state index contributed by atoms with van der Waals surface area (Å²) in [4.78, 5) is 28.4. The monoisotopic (exact) mass is 360 g/mol. The van der Waals surface area contributed by atoms with Crippen LogP contribution in [0, 0.1) is 11.3 Å². The second-order valence-corrected chi connectivity index (χ2v) is 5.72. The molecule has 0 radical (unpaired) electrons. The van der Waals surface area contributed by atoms with Gasteiger partial charge >= 0.3 is 0 Å². The number of amides is 2. The van der Waals surface area contributed by atoms with Crippen LogP contribution >= 0.6 is 0 Å². The SMILES string of the molecule is COc1c(-c2ccc(C#N)cc2)nc2ccccc2c1C(=O)NCC(N)=O. The average molecular weight is 360 g/mol. The van der Waals surface area contributed by atoms with Gasteiger partial charge in [0.2, 0.25) is 5.91 Å². The van der Waals surface area contributed by atoms with E-state index in [1.54, 1.807) is 42.5 Å². The summed E-state index contributed by atoms with van der Waals surface area (Å²) in [5, 5.41) is 12.1. The summed E-state index contributed by atoms with van der Waals surface area (Å²) < 4.78 is 5.52. The number of carbonyl (C=O) groups is 2. The molecule has 3 aromatic rings. The molecule has 0 aliphatic heterocycles. The normalized spacial score (nSPS) is 10.2. The predicted molar refractivity (Wildman–Crippen MR) is 100.0 cm³/mol. The van der Waals surface area contributed by atoms with Crippen molar-refractivity contribution in [3.8, 4) is 23.1 Å². The Kier molecular flexibility index (Phi) is 4.99. The van der Waals surface area contributed by atoms with Crippen molar-refractivity contribution in [3.63, 3.8) is 0 Å². The number of methoxy groups -OCH3 is 1. The van der Waals surface area contributed by atoms with Crippen molar-refractivity contribution in [1.29, 1.82) is 5.26 Å². The Labute approximate surface area is 155 Å². The molecule has 0 aliphatic rings. The minimum absolute atomic E-state index is 0.267. The minimum Gasteiger partial charge on any atom is -0.494 e. The van der Waals surface area contributed by atoms with Gasteiger partial charge in [-0.2, -0.15) is 5.26 Å². The third-order valence-corrected chi connectivity index (χ3v) is 3.99. The van der Waals surface area contributed by atoms with Crippen LogP contribution < -0.4 is 15.8 Å².